The first-order valence-corrected chi connectivity index (χ1v) is 10.9. The molecule has 154 valence electrons. The number of hydrogen-bond acceptors (Lipinski definition) is 5. The zero-order valence-corrected chi connectivity index (χ0v) is 17.2. The van der Waals surface area contributed by atoms with Gasteiger partial charge >= 0.3 is 0 Å². The third-order valence-corrected chi connectivity index (χ3v) is 6.97. The van der Waals surface area contributed by atoms with Crippen molar-refractivity contribution < 1.29 is 18.2 Å². The van der Waals surface area contributed by atoms with Crippen LogP contribution in [0.15, 0.2) is 83.8 Å². The van der Waals surface area contributed by atoms with Gasteiger partial charge in [-0.1, -0.05) is 64.6 Å². The van der Waals surface area contributed by atoms with Crippen LogP contribution in [0.4, 0.5) is 5.69 Å². The van der Waals surface area contributed by atoms with Crippen LogP contribution in [0.5, 0.6) is 0 Å². The molecule has 1 fully saturated rings. The molecule has 30 heavy (non-hydrogen) atoms. The number of benzene rings is 3. The Kier molecular flexibility index (Phi) is 5.57. The summed E-state index contributed by atoms with van der Waals surface area (Å²) in [5.41, 5.74) is 1.28. The second-order valence-corrected chi connectivity index (χ2v) is 8.98. The van der Waals surface area contributed by atoms with E-state index in [9.17, 15) is 18.5 Å². The summed E-state index contributed by atoms with van der Waals surface area (Å²) in [5.74, 6) is 0. The summed E-state index contributed by atoms with van der Waals surface area (Å²) < 4.78 is 27.7. The summed E-state index contributed by atoms with van der Waals surface area (Å²) in [7, 11) is -4.11. The van der Waals surface area contributed by atoms with E-state index in [0.717, 1.165) is 22.2 Å². The van der Waals surface area contributed by atoms with Crippen molar-refractivity contribution >= 4 is 27.3 Å². The zero-order chi connectivity index (χ0) is 21.3. The number of hydroxylamine groups is 1. The molecular weight excluding hydrogens is 428 g/mol. The third-order valence-electron chi connectivity index (χ3n) is 4.94. The van der Waals surface area contributed by atoms with Crippen LogP contribution in [0.3, 0.4) is 0 Å². The molecule has 3 aromatic carbocycles. The standard InChI is InChI=1S/C21H17ClN2O5S/c22-19-9-5-4-8-18(19)20-14-21(15-6-2-1-3-7-15)29-24(20)30(27,28)17-12-10-16(11-13-17)23(25)26/h1-13,20-21H,14H2/t20-,21+/m1/s1. The van der Waals surface area contributed by atoms with Gasteiger partial charge in [0.15, 0.2) is 0 Å². The van der Waals surface area contributed by atoms with Gasteiger partial charge in [-0.05, 0) is 29.3 Å². The molecule has 3 aromatic rings. The fourth-order valence-corrected chi connectivity index (χ4v) is 5.15. The average molecular weight is 445 g/mol. The second kappa shape index (κ2) is 8.16. The minimum Gasteiger partial charge on any atom is -0.275 e. The Morgan fingerprint density at radius 1 is 0.967 bits per heavy atom. The van der Waals surface area contributed by atoms with Crippen LogP contribution in [0.2, 0.25) is 5.02 Å². The van der Waals surface area contributed by atoms with Crippen molar-refractivity contribution in [3.8, 4) is 0 Å². The van der Waals surface area contributed by atoms with Gasteiger partial charge in [-0.3, -0.25) is 15.0 Å². The summed E-state index contributed by atoms with van der Waals surface area (Å²) in [4.78, 5) is 16.1. The van der Waals surface area contributed by atoms with Crippen molar-refractivity contribution in [2.24, 2.45) is 0 Å². The van der Waals surface area contributed by atoms with E-state index in [4.69, 9.17) is 16.4 Å². The summed E-state index contributed by atoms with van der Waals surface area (Å²) in [6.45, 7) is 0. The van der Waals surface area contributed by atoms with E-state index in [1.54, 1.807) is 24.3 Å². The van der Waals surface area contributed by atoms with Crippen LogP contribution in [0.25, 0.3) is 0 Å². The first kappa shape index (κ1) is 20.5. The fourth-order valence-electron chi connectivity index (χ4n) is 3.45. The van der Waals surface area contributed by atoms with Crippen LogP contribution >= 0.6 is 11.6 Å². The predicted octanol–water partition coefficient (Wildman–Crippen LogP) is 5.06. The molecule has 2 atom stereocenters. The minimum atomic E-state index is -4.11. The quantitative estimate of drug-likeness (QED) is 0.405. The Bertz CT molecular complexity index is 1170. The van der Waals surface area contributed by atoms with Gasteiger partial charge in [0.05, 0.1) is 15.9 Å². The molecule has 0 spiro atoms. The number of rotatable bonds is 5. The molecule has 0 amide bonds. The molecule has 9 heteroatoms. The van der Waals surface area contributed by atoms with E-state index in [-0.39, 0.29) is 10.6 Å². The number of halogens is 1. The van der Waals surface area contributed by atoms with Crippen molar-refractivity contribution in [3.63, 3.8) is 0 Å². The van der Waals surface area contributed by atoms with Gasteiger partial charge in [-0.2, -0.15) is 0 Å². The van der Waals surface area contributed by atoms with E-state index in [1.165, 1.54) is 12.1 Å². The molecule has 0 unspecified atom stereocenters. The fraction of sp³-hybridized carbons (Fsp3) is 0.143. The molecule has 1 heterocycles. The van der Waals surface area contributed by atoms with E-state index >= 15 is 0 Å². The Morgan fingerprint density at radius 3 is 2.23 bits per heavy atom. The number of sulfonamides is 1. The molecular formula is C21H17ClN2O5S. The van der Waals surface area contributed by atoms with Crippen molar-refractivity contribution in [1.29, 1.82) is 0 Å². The molecule has 0 radical (unpaired) electrons. The minimum absolute atomic E-state index is 0.0983. The Hall–Kier alpha value is -2.78. The van der Waals surface area contributed by atoms with Gasteiger partial charge in [0.25, 0.3) is 15.7 Å². The Balaban J connectivity index is 1.75. The Labute approximate surface area is 178 Å². The van der Waals surface area contributed by atoms with Gasteiger partial charge in [-0.25, -0.2) is 8.42 Å². The summed E-state index contributed by atoms with van der Waals surface area (Å²) in [6, 6.07) is 20.4. The first-order chi connectivity index (χ1) is 14.4. The predicted molar refractivity (Wildman–Crippen MR) is 111 cm³/mol. The van der Waals surface area contributed by atoms with Crippen LogP contribution in [-0.4, -0.2) is 17.8 Å². The van der Waals surface area contributed by atoms with Crippen LogP contribution in [0, 0.1) is 10.1 Å². The van der Waals surface area contributed by atoms with Gasteiger partial charge < -0.3 is 0 Å². The third kappa shape index (κ3) is 3.82. The van der Waals surface area contributed by atoms with Crippen molar-refractivity contribution in [3.05, 3.63) is 105 Å². The molecule has 0 saturated carbocycles. The molecule has 1 aliphatic heterocycles. The summed E-state index contributed by atoms with van der Waals surface area (Å²) >= 11 is 6.36. The maximum atomic E-state index is 13.4. The van der Waals surface area contributed by atoms with Gasteiger partial charge in [0.2, 0.25) is 0 Å². The summed E-state index contributed by atoms with van der Waals surface area (Å²) in [6.07, 6.45) is -0.111. The monoisotopic (exact) mass is 444 g/mol. The van der Waals surface area contributed by atoms with Crippen molar-refractivity contribution in [2.75, 3.05) is 0 Å². The molecule has 0 aliphatic carbocycles. The number of non-ortho nitro benzene ring substituents is 1. The normalized spacial score (nSPS) is 19.6. The van der Waals surface area contributed by atoms with Crippen LogP contribution in [0.1, 0.15) is 29.7 Å². The molecule has 4 rings (SSSR count). The topological polar surface area (TPSA) is 89.8 Å². The van der Waals surface area contributed by atoms with Gasteiger partial charge in [0, 0.05) is 23.6 Å². The van der Waals surface area contributed by atoms with E-state index in [0.29, 0.717) is 17.0 Å². The molecule has 0 N–H and O–H groups in total. The lowest BCUT2D eigenvalue weighted by molar-refractivity contribution is -0.384. The van der Waals surface area contributed by atoms with E-state index in [2.05, 4.69) is 0 Å². The first-order valence-electron chi connectivity index (χ1n) is 9.13. The molecule has 1 aliphatic rings. The molecule has 0 bridgehead atoms. The lowest BCUT2D eigenvalue weighted by Crippen LogP contribution is -2.30. The van der Waals surface area contributed by atoms with Gasteiger partial charge in [-0.15, -0.1) is 0 Å². The van der Waals surface area contributed by atoms with Crippen molar-refractivity contribution in [2.45, 2.75) is 23.5 Å². The Morgan fingerprint density at radius 2 is 1.60 bits per heavy atom. The highest BCUT2D eigenvalue weighted by Crippen LogP contribution is 2.46. The van der Waals surface area contributed by atoms with Crippen LogP contribution in [-0.2, 0) is 14.9 Å². The lowest BCUT2D eigenvalue weighted by atomic mass is 9.98. The smallest absolute Gasteiger partial charge is 0.269 e. The SMILES string of the molecule is O=[N+]([O-])c1ccc(S(=O)(=O)N2O[C@H](c3ccccc3)C[C@@H]2c2ccccc2Cl)cc1. The number of nitro groups is 1. The molecule has 1 saturated heterocycles. The highest BCUT2D eigenvalue weighted by molar-refractivity contribution is 7.89. The number of nitrogens with zero attached hydrogens (tertiary/aromatic N) is 2. The van der Waals surface area contributed by atoms with E-state index < -0.39 is 27.1 Å². The molecule has 7 nitrogen and oxygen atoms in total. The largest absolute Gasteiger partial charge is 0.275 e. The lowest BCUT2D eigenvalue weighted by Gasteiger charge is -2.23. The maximum absolute atomic E-state index is 13.4. The summed E-state index contributed by atoms with van der Waals surface area (Å²) in [5, 5.41) is 11.3. The second-order valence-electron chi connectivity index (χ2n) is 6.79. The average Bonchev–Trinajstić information content (AvgIpc) is 3.21. The highest BCUT2D eigenvalue weighted by Gasteiger charge is 2.44. The molecule has 0 aromatic heterocycles. The van der Waals surface area contributed by atoms with E-state index in [1.807, 2.05) is 30.3 Å². The maximum Gasteiger partial charge on any atom is 0.269 e. The van der Waals surface area contributed by atoms with Crippen LogP contribution < -0.4 is 0 Å². The zero-order valence-electron chi connectivity index (χ0n) is 15.6. The highest BCUT2D eigenvalue weighted by atomic mass is 35.5. The van der Waals surface area contributed by atoms with Crippen molar-refractivity contribution in [1.82, 2.24) is 4.47 Å². The number of nitro benzene ring substituents is 1. The van der Waals surface area contributed by atoms with Gasteiger partial charge in [0.1, 0.15) is 6.10 Å². The number of hydrogen-bond donors (Lipinski definition) is 0.